The zero-order chi connectivity index (χ0) is 29.5. The Labute approximate surface area is 229 Å². The lowest BCUT2D eigenvalue weighted by molar-refractivity contribution is -0.185. The zero-order valence-electron chi connectivity index (χ0n) is 21.4. The van der Waals surface area contributed by atoms with Crippen LogP contribution < -0.4 is 4.74 Å². The highest BCUT2D eigenvalue weighted by atomic mass is 19.3. The van der Waals surface area contributed by atoms with E-state index in [1.807, 2.05) is 19.1 Å². The maximum atomic E-state index is 15.0. The van der Waals surface area contributed by atoms with Crippen molar-refractivity contribution in [1.82, 2.24) is 0 Å². The van der Waals surface area contributed by atoms with Crippen molar-refractivity contribution in [3.05, 3.63) is 125 Å². The third kappa shape index (κ3) is 5.36. The number of benzene rings is 5. The molecule has 0 fully saturated rings. The van der Waals surface area contributed by atoms with E-state index in [0.717, 1.165) is 48.7 Å². The van der Waals surface area contributed by atoms with Crippen molar-refractivity contribution < 1.29 is 39.9 Å². The summed E-state index contributed by atoms with van der Waals surface area (Å²) in [6.45, 7) is 2.03. The summed E-state index contributed by atoms with van der Waals surface area (Å²) in [7, 11) is 0. The molecule has 41 heavy (non-hydrogen) atoms. The lowest BCUT2D eigenvalue weighted by Gasteiger charge is -2.19. The summed E-state index contributed by atoms with van der Waals surface area (Å²) in [6.07, 6.45) is -2.26. The van der Waals surface area contributed by atoms with Crippen molar-refractivity contribution in [1.29, 1.82) is 0 Å². The molecule has 0 aromatic heterocycles. The summed E-state index contributed by atoms with van der Waals surface area (Å²) in [5, 5.41) is -1.45. The van der Waals surface area contributed by atoms with Crippen LogP contribution in [0.3, 0.4) is 0 Å². The second kappa shape index (κ2) is 10.9. The van der Waals surface area contributed by atoms with Gasteiger partial charge in [0.1, 0.15) is 11.6 Å². The molecule has 0 aliphatic carbocycles. The van der Waals surface area contributed by atoms with E-state index in [9.17, 15) is 30.7 Å². The molecule has 9 heteroatoms. The molecule has 0 saturated heterocycles. The predicted octanol–water partition coefficient (Wildman–Crippen LogP) is 10.1. The number of hydrogen-bond donors (Lipinski definition) is 0. The number of halogens is 8. The monoisotopic (exact) mass is 572 g/mol. The fourth-order valence-corrected chi connectivity index (χ4v) is 4.61. The third-order valence-corrected chi connectivity index (χ3v) is 6.66. The number of hydrogen-bond acceptors (Lipinski definition) is 1. The van der Waals surface area contributed by atoms with Crippen LogP contribution >= 0.6 is 0 Å². The van der Waals surface area contributed by atoms with Gasteiger partial charge in [0, 0.05) is 17.2 Å². The summed E-state index contributed by atoms with van der Waals surface area (Å²) < 4.78 is 120. The Bertz CT molecular complexity index is 1750. The average Bonchev–Trinajstić information content (AvgIpc) is 2.93. The standard InChI is InChI=1S/C32H20F8O/c1-2-3-17-4-6-18(7-5-17)23-12-13-24(29(36)28(23)35)19-8-10-21(11-9-19)32(39,40)41-22-14-20-15-26(34)30(37)31(38)27(20)25(33)16-22/h4-16H,2-3H2,1H3. The van der Waals surface area contributed by atoms with Gasteiger partial charge < -0.3 is 4.74 Å². The molecule has 1 nitrogen and oxygen atoms in total. The largest absolute Gasteiger partial charge is 0.429 e. The molecule has 5 aromatic carbocycles. The Morgan fingerprint density at radius 3 is 1.73 bits per heavy atom. The van der Waals surface area contributed by atoms with Crippen LogP contribution in [0.15, 0.2) is 78.9 Å². The number of ether oxygens (including phenoxy) is 1. The molecule has 5 aromatic rings. The summed E-state index contributed by atoms with van der Waals surface area (Å²) in [6, 6.07) is 15.5. The smallest absolute Gasteiger partial charge is 0.426 e. The molecule has 5 rings (SSSR count). The summed E-state index contributed by atoms with van der Waals surface area (Å²) in [5.41, 5.74) is 0.839. The normalized spacial score (nSPS) is 11.7. The zero-order valence-corrected chi connectivity index (χ0v) is 21.4. The quantitative estimate of drug-likeness (QED) is 0.139. The molecule has 0 N–H and O–H groups in total. The van der Waals surface area contributed by atoms with Crippen LogP contribution in [0.4, 0.5) is 35.1 Å². The first-order valence-corrected chi connectivity index (χ1v) is 12.5. The highest BCUT2D eigenvalue weighted by molar-refractivity contribution is 5.85. The van der Waals surface area contributed by atoms with Crippen LogP contribution in [0.25, 0.3) is 33.0 Å². The number of rotatable bonds is 7. The fourth-order valence-electron chi connectivity index (χ4n) is 4.61. The molecule has 0 saturated carbocycles. The van der Waals surface area contributed by atoms with Gasteiger partial charge in [-0.2, -0.15) is 8.78 Å². The molecule has 0 radical (unpaired) electrons. The Kier molecular flexibility index (Phi) is 7.46. The number of alkyl halides is 2. The van der Waals surface area contributed by atoms with Gasteiger partial charge in [0.2, 0.25) is 0 Å². The van der Waals surface area contributed by atoms with Crippen LogP contribution in [-0.4, -0.2) is 0 Å². The van der Waals surface area contributed by atoms with Crippen molar-refractivity contribution in [3.63, 3.8) is 0 Å². The van der Waals surface area contributed by atoms with E-state index in [4.69, 9.17) is 0 Å². The molecule has 0 unspecified atom stereocenters. The molecule has 0 bridgehead atoms. The molecule has 0 heterocycles. The Balaban J connectivity index is 1.40. The fraction of sp³-hybridized carbons (Fsp3) is 0.125. The van der Waals surface area contributed by atoms with Crippen LogP contribution in [-0.2, 0) is 12.5 Å². The minimum absolute atomic E-state index is 0.0518. The SMILES string of the molecule is CCCc1ccc(-c2ccc(-c3ccc(C(F)(F)Oc4cc(F)c5c(F)c(F)c(F)cc5c4)cc3)c(F)c2F)cc1. The van der Waals surface area contributed by atoms with E-state index in [-0.39, 0.29) is 16.7 Å². The molecule has 0 amide bonds. The highest BCUT2D eigenvalue weighted by Crippen LogP contribution is 2.37. The second-order valence-electron chi connectivity index (χ2n) is 9.42. The van der Waals surface area contributed by atoms with Gasteiger partial charge in [-0.25, -0.2) is 26.3 Å². The summed E-state index contributed by atoms with van der Waals surface area (Å²) in [4.78, 5) is 0. The predicted molar refractivity (Wildman–Crippen MR) is 140 cm³/mol. The molecule has 0 spiro atoms. The molecule has 210 valence electrons. The number of fused-ring (bicyclic) bond motifs is 1. The first-order valence-electron chi connectivity index (χ1n) is 12.5. The van der Waals surface area contributed by atoms with Crippen LogP contribution in [0, 0.1) is 34.9 Å². The van der Waals surface area contributed by atoms with Gasteiger partial charge in [0.15, 0.2) is 29.1 Å². The van der Waals surface area contributed by atoms with Crippen molar-refractivity contribution in [2.24, 2.45) is 0 Å². The molecular weight excluding hydrogens is 552 g/mol. The van der Waals surface area contributed by atoms with Gasteiger partial charge in [0.05, 0.1) is 10.9 Å². The lowest BCUT2D eigenvalue weighted by Crippen LogP contribution is -2.22. The van der Waals surface area contributed by atoms with E-state index >= 15 is 4.39 Å². The van der Waals surface area contributed by atoms with E-state index in [1.54, 1.807) is 12.1 Å². The maximum absolute atomic E-state index is 15.0. The Morgan fingerprint density at radius 1 is 0.610 bits per heavy atom. The number of aryl methyl sites for hydroxylation is 1. The maximum Gasteiger partial charge on any atom is 0.426 e. The van der Waals surface area contributed by atoms with E-state index in [2.05, 4.69) is 4.74 Å². The van der Waals surface area contributed by atoms with E-state index in [0.29, 0.717) is 17.7 Å². The van der Waals surface area contributed by atoms with E-state index < -0.39 is 63.1 Å². The van der Waals surface area contributed by atoms with Gasteiger partial charge in [-0.05, 0) is 52.8 Å². The van der Waals surface area contributed by atoms with Crippen LogP contribution in [0.1, 0.15) is 24.5 Å². The van der Waals surface area contributed by atoms with Crippen molar-refractivity contribution in [3.8, 4) is 28.0 Å². The van der Waals surface area contributed by atoms with Gasteiger partial charge in [-0.15, -0.1) is 0 Å². The molecule has 0 atom stereocenters. The van der Waals surface area contributed by atoms with Gasteiger partial charge in [-0.3, -0.25) is 0 Å². The third-order valence-electron chi connectivity index (χ3n) is 6.66. The first-order chi connectivity index (χ1) is 19.5. The minimum Gasteiger partial charge on any atom is -0.429 e. The van der Waals surface area contributed by atoms with Crippen molar-refractivity contribution >= 4 is 10.8 Å². The Morgan fingerprint density at radius 2 is 1.17 bits per heavy atom. The lowest BCUT2D eigenvalue weighted by atomic mass is 9.97. The van der Waals surface area contributed by atoms with Crippen LogP contribution in [0.2, 0.25) is 0 Å². The average molecular weight is 572 g/mol. The minimum atomic E-state index is -4.06. The van der Waals surface area contributed by atoms with E-state index in [1.165, 1.54) is 12.1 Å². The van der Waals surface area contributed by atoms with Crippen LogP contribution in [0.5, 0.6) is 5.75 Å². The molecule has 0 aliphatic rings. The highest BCUT2D eigenvalue weighted by Gasteiger charge is 2.35. The summed E-state index contributed by atoms with van der Waals surface area (Å²) in [5.74, 6) is -9.78. The molecular formula is C32H20F8O. The first kappa shape index (κ1) is 28.1. The van der Waals surface area contributed by atoms with Crippen molar-refractivity contribution in [2.45, 2.75) is 25.9 Å². The molecule has 0 aliphatic heterocycles. The van der Waals surface area contributed by atoms with Gasteiger partial charge in [0.25, 0.3) is 0 Å². The van der Waals surface area contributed by atoms with Gasteiger partial charge in [-0.1, -0.05) is 61.9 Å². The Hall–Kier alpha value is -4.40. The topological polar surface area (TPSA) is 9.23 Å². The van der Waals surface area contributed by atoms with Gasteiger partial charge >= 0.3 is 6.11 Å². The summed E-state index contributed by atoms with van der Waals surface area (Å²) >= 11 is 0. The van der Waals surface area contributed by atoms with Crippen molar-refractivity contribution in [2.75, 3.05) is 0 Å². The second-order valence-corrected chi connectivity index (χ2v) is 9.42.